The largest absolute Gasteiger partial charge is 0.465 e. The summed E-state index contributed by atoms with van der Waals surface area (Å²) in [6.07, 6.45) is -1.26. The number of carbonyl (C=O) groups excluding carboxylic acids is 3. The molecule has 7 nitrogen and oxygen atoms in total. The number of hydrogen-bond donors (Lipinski definition) is 2. The molecule has 2 rings (SSSR count). The van der Waals surface area contributed by atoms with Crippen LogP contribution in [-0.4, -0.2) is 24.5 Å². The summed E-state index contributed by atoms with van der Waals surface area (Å²) < 4.78 is 10.9. The minimum Gasteiger partial charge on any atom is -0.465 e. The smallest absolute Gasteiger partial charge is 0.343 e. The molecule has 2 N–H and O–H groups in total. The second kappa shape index (κ2) is 8.33. The lowest BCUT2D eigenvalue weighted by molar-refractivity contribution is -0.129. The zero-order chi connectivity index (χ0) is 19.3. The number of amides is 3. The lowest BCUT2D eigenvalue weighted by atomic mass is 10.1. The van der Waals surface area contributed by atoms with Gasteiger partial charge < -0.3 is 14.5 Å². The van der Waals surface area contributed by atoms with Gasteiger partial charge in [0, 0.05) is 17.7 Å². The van der Waals surface area contributed by atoms with Gasteiger partial charge in [-0.05, 0) is 27.7 Å². The normalized spacial score (nSPS) is 11.5. The summed E-state index contributed by atoms with van der Waals surface area (Å²) in [6, 6.07) is 7.85. The Kier molecular flexibility index (Phi) is 6.16. The molecule has 1 atom stereocenters. The predicted octanol–water partition coefficient (Wildman–Crippen LogP) is 2.95. The van der Waals surface area contributed by atoms with E-state index in [0.717, 1.165) is 0 Å². The molecule has 2 aromatic rings. The summed E-state index contributed by atoms with van der Waals surface area (Å²) in [7, 11) is 0. The third-order valence-corrected chi connectivity index (χ3v) is 3.90. The summed E-state index contributed by atoms with van der Waals surface area (Å²) in [4.78, 5) is 36.8. The number of ether oxygens (including phenoxy) is 1. The molecule has 0 saturated heterocycles. The monoisotopic (exact) mass is 358 g/mol. The van der Waals surface area contributed by atoms with Crippen LogP contribution in [0, 0.1) is 20.8 Å². The van der Waals surface area contributed by atoms with Crippen LogP contribution < -0.4 is 10.6 Å². The average molecular weight is 358 g/mol. The fourth-order valence-electron chi connectivity index (χ4n) is 2.54. The average Bonchev–Trinajstić information content (AvgIpc) is 2.85. The highest BCUT2D eigenvalue weighted by Crippen LogP contribution is 2.25. The van der Waals surface area contributed by atoms with Crippen LogP contribution in [0.2, 0.25) is 0 Å². The number of benzene rings is 1. The molecule has 1 aromatic heterocycles. The molecule has 7 heteroatoms. The lowest BCUT2D eigenvalue weighted by Gasteiger charge is -2.17. The fraction of sp³-hybridized carbons (Fsp3) is 0.316. The van der Waals surface area contributed by atoms with E-state index in [9.17, 15) is 14.4 Å². The minimum atomic E-state index is -1.26. The Hall–Kier alpha value is -3.09. The van der Waals surface area contributed by atoms with Crippen LogP contribution in [0.3, 0.4) is 0 Å². The molecule has 0 radical (unpaired) electrons. The van der Waals surface area contributed by atoms with E-state index < -0.39 is 24.0 Å². The maximum atomic E-state index is 12.6. The minimum absolute atomic E-state index is 0.286. The van der Waals surface area contributed by atoms with E-state index >= 15 is 0 Å². The molecular weight excluding hydrogens is 336 g/mol. The third kappa shape index (κ3) is 4.30. The van der Waals surface area contributed by atoms with Crippen LogP contribution in [0.1, 0.15) is 46.0 Å². The first-order chi connectivity index (χ1) is 12.3. The second-order valence-electron chi connectivity index (χ2n) is 5.76. The Morgan fingerprint density at radius 3 is 2.27 bits per heavy atom. The molecule has 0 fully saturated rings. The van der Waals surface area contributed by atoms with Gasteiger partial charge in [0.15, 0.2) is 0 Å². The van der Waals surface area contributed by atoms with E-state index in [1.54, 1.807) is 58.0 Å². The third-order valence-electron chi connectivity index (χ3n) is 3.90. The van der Waals surface area contributed by atoms with Gasteiger partial charge in [0.2, 0.25) is 6.10 Å². The van der Waals surface area contributed by atoms with Crippen molar-refractivity contribution < 1.29 is 23.5 Å². The highest BCUT2D eigenvalue weighted by molar-refractivity contribution is 5.99. The molecule has 0 aliphatic carbocycles. The predicted molar refractivity (Wildman–Crippen MR) is 94.7 cm³/mol. The molecule has 138 valence electrons. The zero-order valence-corrected chi connectivity index (χ0v) is 15.2. The van der Waals surface area contributed by atoms with Crippen molar-refractivity contribution in [2.75, 3.05) is 6.54 Å². The molecule has 1 aromatic carbocycles. The Bertz CT molecular complexity index is 811. The summed E-state index contributed by atoms with van der Waals surface area (Å²) >= 11 is 0. The number of urea groups is 1. The molecule has 3 amide bonds. The number of imide groups is 1. The SMILES string of the molecule is CCNC(=O)NC(=O)[C@H](OC(=O)c1c(C)oc(C)c1C)c1ccccc1. The van der Waals surface area contributed by atoms with E-state index in [1.165, 1.54) is 0 Å². The Morgan fingerprint density at radius 1 is 1.08 bits per heavy atom. The summed E-state index contributed by atoms with van der Waals surface area (Å²) in [5.41, 5.74) is 1.40. The van der Waals surface area contributed by atoms with Gasteiger partial charge >= 0.3 is 12.0 Å². The highest BCUT2D eigenvalue weighted by atomic mass is 16.5. The Balaban J connectivity index is 2.28. The van der Waals surface area contributed by atoms with Crippen molar-refractivity contribution >= 4 is 17.9 Å². The van der Waals surface area contributed by atoms with Gasteiger partial charge in [-0.3, -0.25) is 10.1 Å². The Morgan fingerprint density at radius 2 is 1.73 bits per heavy atom. The van der Waals surface area contributed by atoms with Crippen molar-refractivity contribution in [3.63, 3.8) is 0 Å². The topological polar surface area (TPSA) is 97.6 Å². The van der Waals surface area contributed by atoms with Crippen molar-refractivity contribution in [2.45, 2.75) is 33.8 Å². The molecule has 0 spiro atoms. The second-order valence-corrected chi connectivity index (χ2v) is 5.76. The molecule has 26 heavy (non-hydrogen) atoms. The van der Waals surface area contributed by atoms with Crippen LogP contribution in [0.5, 0.6) is 0 Å². The van der Waals surface area contributed by atoms with Gasteiger partial charge in [0.25, 0.3) is 5.91 Å². The quantitative estimate of drug-likeness (QED) is 0.801. The van der Waals surface area contributed by atoms with Gasteiger partial charge in [-0.1, -0.05) is 30.3 Å². The van der Waals surface area contributed by atoms with Crippen molar-refractivity contribution in [3.8, 4) is 0 Å². The van der Waals surface area contributed by atoms with E-state index in [4.69, 9.17) is 9.15 Å². The van der Waals surface area contributed by atoms with Crippen LogP contribution in [0.4, 0.5) is 4.79 Å². The summed E-state index contributed by atoms with van der Waals surface area (Å²) in [6.45, 7) is 7.24. The van der Waals surface area contributed by atoms with Crippen LogP contribution in [0.15, 0.2) is 34.7 Å². The van der Waals surface area contributed by atoms with E-state index in [0.29, 0.717) is 29.2 Å². The van der Waals surface area contributed by atoms with Gasteiger partial charge in [0.1, 0.15) is 17.1 Å². The van der Waals surface area contributed by atoms with Gasteiger partial charge in [-0.15, -0.1) is 0 Å². The van der Waals surface area contributed by atoms with Crippen LogP contribution >= 0.6 is 0 Å². The number of aryl methyl sites for hydroxylation is 2. The molecule has 0 unspecified atom stereocenters. The van der Waals surface area contributed by atoms with Gasteiger partial charge in [-0.2, -0.15) is 0 Å². The maximum Gasteiger partial charge on any atom is 0.343 e. The molecule has 1 heterocycles. The van der Waals surface area contributed by atoms with E-state index in [1.807, 2.05) is 0 Å². The van der Waals surface area contributed by atoms with Crippen molar-refractivity contribution in [1.29, 1.82) is 0 Å². The number of furan rings is 1. The zero-order valence-electron chi connectivity index (χ0n) is 15.2. The van der Waals surface area contributed by atoms with Crippen molar-refractivity contribution in [3.05, 3.63) is 58.5 Å². The molecule has 0 aliphatic rings. The van der Waals surface area contributed by atoms with Crippen LogP contribution in [0.25, 0.3) is 0 Å². The summed E-state index contributed by atoms with van der Waals surface area (Å²) in [5.74, 6) is -0.388. The number of nitrogens with one attached hydrogen (secondary N) is 2. The van der Waals surface area contributed by atoms with Crippen molar-refractivity contribution in [2.24, 2.45) is 0 Å². The van der Waals surface area contributed by atoms with Crippen LogP contribution in [-0.2, 0) is 9.53 Å². The Labute approximate surface area is 151 Å². The first-order valence-corrected chi connectivity index (χ1v) is 8.26. The van der Waals surface area contributed by atoms with Gasteiger partial charge in [0.05, 0.1) is 0 Å². The van der Waals surface area contributed by atoms with E-state index in [2.05, 4.69) is 10.6 Å². The fourth-order valence-corrected chi connectivity index (χ4v) is 2.54. The number of hydrogen-bond acceptors (Lipinski definition) is 5. The van der Waals surface area contributed by atoms with Crippen molar-refractivity contribution in [1.82, 2.24) is 10.6 Å². The van der Waals surface area contributed by atoms with Gasteiger partial charge in [-0.25, -0.2) is 9.59 Å². The number of carbonyl (C=O) groups is 3. The lowest BCUT2D eigenvalue weighted by Crippen LogP contribution is -2.42. The highest BCUT2D eigenvalue weighted by Gasteiger charge is 2.29. The number of esters is 1. The molecule has 0 bridgehead atoms. The standard InChI is InChI=1S/C19H22N2O5/c1-5-20-19(24)21-17(22)16(14-9-7-6-8-10-14)26-18(23)15-11(2)12(3)25-13(15)4/h6-10,16H,5H2,1-4H3,(H2,20,21,22,24)/t16-/m1/s1. The molecule has 0 aliphatic heterocycles. The first-order valence-electron chi connectivity index (χ1n) is 8.26. The maximum absolute atomic E-state index is 12.6. The summed E-state index contributed by atoms with van der Waals surface area (Å²) in [5, 5.41) is 4.64. The molecule has 0 saturated carbocycles. The van der Waals surface area contributed by atoms with E-state index in [-0.39, 0.29) is 5.56 Å². The molecular formula is C19H22N2O5. The number of rotatable bonds is 5. The first kappa shape index (κ1) is 19.2.